The highest BCUT2D eigenvalue weighted by molar-refractivity contribution is 6.05. The Kier molecular flexibility index (Phi) is 7.91. The molecule has 3 saturated heterocycles. The van der Waals surface area contributed by atoms with Crippen LogP contribution < -0.4 is 15.4 Å². The summed E-state index contributed by atoms with van der Waals surface area (Å²) in [5.41, 5.74) is 1.52. The summed E-state index contributed by atoms with van der Waals surface area (Å²) in [6.45, 7) is 5.60. The molecule has 0 aromatic heterocycles. The number of likely N-dealkylation sites (tertiary alicyclic amines) is 1. The second-order valence-electron chi connectivity index (χ2n) is 11.2. The van der Waals surface area contributed by atoms with E-state index in [0.29, 0.717) is 18.5 Å². The minimum absolute atomic E-state index is 0.145. The van der Waals surface area contributed by atoms with E-state index in [4.69, 9.17) is 4.74 Å². The molecule has 0 spiro atoms. The van der Waals surface area contributed by atoms with Crippen LogP contribution in [0.3, 0.4) is 0 Å². The van der Waals surface area contributed by atoms with E-state index in [0.717, 1.165) is 36.0 Å². The van der Waals surface area contributed by atoms with E-state index < -0.39 is 6.04 Å². The third-order valence-corrected chi connectivity index (χ3v) is 8.49. The number of nitrogens with one attached hydrogen (secondary N) is 2. The molecule has 1 aliphatic carbocycles. The predicted octanol–water partition coefficient (Wildman–Crippen LogP) is 2.71. The van der Waals surface area contributed by atoms with Crippen LogP contribution in [-0.4, -0.2) is 72.9 Å². The first kappa shape index (κ1) is 25.2. The molecular formula is C28H40N4O4. The topological polar surface area (TPSA) is 91.0 Å². The van der Waals surface area contributed by atoms with Crippen molar-refractivity contribution in [3.05, 3.63) is 29.3 Å². The molecule has 5 aliphatic rings. The minimum atomic E-state index is -0.569. The van der Waals surface area contributed by atoms with Crippen LogP contribution in [0.5, 0.6) is 5.75 Å². The Hall–Kier alpha value is -2.45. The fourth-order valence-electron chi connectivity index (χ4n) is 6.23. The molecule has 36 heavy (non-hydrogen) atoms. The highest BCUT2D eigenvalue weighted by Gasteiger charge is 2.39. The number of hydrogen-bond acceptors (Lipinski definition) is 6. The number of imide groups is 1. The van der Waals surface area contributed by atoms with Crippen molar-refractivity contribution in [2.75, 3.05) is 33.2 Å². The van der Waals surface area contributed by atoms with E-state index in [-0.39, 0.29) is 30.2 Å². The zero-order valence-corrected chi connectivity index (χ0v) is 21.5. The average molecular weight is 497 g/mol. The molecule has 1 aromatic carbocycles. The van der Waals surface area contributed by atoms with Crippen LogP contribution in [0.2, 0.25) is 0 Å². The Bertz CT molecular complexity index is 972. The van der Waals surface area contributed by atoms with Crippen LogP contribution >= 0.6 is 0 Å². The van der Waals surface area contributed by atoms with Crippen molar-refractivity contribution in [3.8, 4) is 5.75 Å². The van der Waals surface area contributed by atoms with Gasteiger partial charge in [0.25, 0.3) is 5.91 Å². The fourth-order valence-corrected chi connectivity index (χ4v) is 6.23. The Morgan fingerprint density at radius 2 is 1.75 bits per heavy atom. The summed E-state index contributed by atoms with van der Waals surface area (Å²) in [6, 6.07) is 5.00. The minimum Gasteiger partial charge on any atom is -0.490 e. The van der Waals surface area contributed by atoms with Gasteiger partial charge in [-0.1, -0.05) is 6.42 Å². The Balaban J connectivity index is 0.000000202. The summed E-state index contributed by atoms with van der Waals surface area (Å²) in [5, 5.41) is 5.68. The van der Waals surface area contributed by atoms with Crippen LogP contribution in [0.4, 0.5) is 0 Å². The molecular weight excluding hydrogens is 456 g/mol. The molecule has 0 bridgehead atoms. The Morgan fingerprint density at radius 3 is 2.44 bits per heavy atom. The zero-order valence-electron chi connectivity index (χ0n) is 21.5. The number of carbonyl (C=O) groups excluding carboxylic acids is 3. The van der Waals surface area contributed by atoms with Gasteiger partial charge in [0.15, 0.2) is 0 Å². The zero-order chi connectivity index (χ0) is 25.1. The van der Waals surface area contributed by atoms with Gasteiger partial charge in [-0.3, -0.25) is 19.7 Å². The monoisotopic (exact) mass is 496 g/mol. The SMILES string of the molecule is CN1CCCC(C2CNC2)C1.O=C1CCC(N2Cc3cc(OC4CCCCC4)ccc3C2=O)C(=O)N1. The number of ether oxygens (including phenoxy) is 1. The van der Waals surface area contributed by atoms with Gasteiger partial charge in [-0.2, -0.15) is 0 Å². The maximum atomic E-state index is 12.6. The van der Waals surface area contributed by atoms with E-state index in [2.05, 4.69) is 22.6 Å². The van der Waals surface area contributed by atoms with Crippen LogP contribution in [0.15, 0.2) is 18.2 Å². The molecule has 4 heterocycles. The van der Waals surface area contributed by atoms with Crippen molar-refractivity contribution in [2.45, 2.75) is 76.5 Å². The first-order valence-corrected chi connectivity index (χ1v) is 13.8. The highest BCUT2D eigenvalue weighted by Crippen LogP contribution is 2.32. The number of rotatable bonds is 4. The second kappa shape index (κ2) is 11.3. The van der Waals surface area contributed by atoms with Gasteiger partial charge in [-0.15, -0.1) is 0 Å². The Labute approximate surface area is 214 Å². The number of hydrogen-bond donors (Lipinski definition) is 2. The van der Waals surface area contributed by atoms with Crippen LogP contribution in [0.1, 0.15) is 73.7 Å². The average Bonchev–Trinajstić information content (AvgIpc) is 3.15. The Morgan fingerprint density at radius 1 is 0.944 bits per heavy atom. The van der Waals surface area contributed by atoms with Crippen LogP contribution in [0, 0.1) is 11.8 Å². The third-order valence-electron chi connectivity index (χ3n) is 8.49. The lowest BCUT2D eigenvalue weighted by atomic mass is 9.82. The van der Waals surface area contributed by atoms with Gasteiger partial charge in [-0.05, 0) is 107 Å². The lowest BCUT2D eigenvalue weighted by Crippen LogP contribution is -2.52. The van der Waals surface area contributed by atoms with Crippen molar-refractivity contribution in [2.24, 2.45) is 11.8 Å². The normalized spacial score (nSPS) is 27.6. The van der Waals surface area contributed by atoms with Crippen molar-refractivity contribution in [1.29, 1.82) is 0 Å². The van der Waals surface area contributed by atoms with Crippen molar-refractivity contribution in [3.63, 3.8) is 0 Å². The molecule has 6 rings (SSSR count). The van der Waals surface area contributed by atoms with Gasteiger partial charge < -0.3 is 19.9 Å². The summed E-state index contributed by atoms with van der Waals surface area (Å²) >= 11 is 0. The molecule has 1 saturated carbocycles. The standard InChI is InChI=1S/C19H22N2O4.C9H18N2/c22-17-9-8-16(18(23)20-17)21-11-12-10-14(6-7-15(12)19(21)24)25-13-4-2-1-3-5-13;1-11-4-2-3-8(7-11)9-5-10-6-9/h6-7,10,13,16H,1-5,8-9,11H2,(H,20,22,23);8-10H,2-7H2,1H3. The number of nitrogens with zero attached hydrogens (tertiary/aromatic N) is 2. The molecule has 3 amide bonds. The maximum absolute atomic E-state index is 12.6. The highest BCUT2D eigenvalue weighted by atomic mass is 16.5. The number of fused-ring (bicyclic) bond motifs is 1. The summed E-state index contributed by atoms with van der Waals surface area (Å²) in [5.74, 6) is 2.00. The smallest absolute Gasteiger partial charge is 0.255 e. The van der Waals surface area contributed by atoms with Gasteiger partial charge in [0, 0.05) is 25.1 Å². The fraction of sp³-hybridized carbons (Fsp3) is 0.679. The first-order chi connectivity index (χ1) is 17.5. The van der Waals surface area contributed by atoms with E-state index in [1.165, 1.54) is 58.3 Å². The van der Waals surface area contributed by atoms with E-state index >= 15 is 0 Å². The molecule has 8 heteroatoms. The molecule has 4 fully saturated rings. The first-order valence-electron chi connectivity index (χ1n) is 13.8. The number of carbonyl (C=O) groups is 3. The van der Waals surface area contributed by atoms with Crippen molar-refractivity contribution in [1.82, 2.24) is 20.4 Å². The molecule has 4 aliphatic heterocycles. The summed E-state index contributed by atoms with van der Waals surface area (Å²) in [7, 11) is 2.25. The molecule has 2 unspecified atom stereocenters. The number of amides is 3. The summed E-state index contributed by atoms with van der Waals surface area (Å²) < 4.78 is 6.08. The molecule has 2 N–H and O–H groups in total. The summed E-state index contributed by atoms with van der Waals surface area (Å²) in [4.78, 5) is 40.1. The van der Waals surface area contributed by atoms with E-state index in [1.807, 2.05) is 12.1 Å². The quantitative estimate of drug-likeness (QED) is 0.623. The molecule has 1 aromatic rings. The van der Waals surface area contributed by atoms with E-state index in [9.17, 15) is 14.4 Å². The van der Waals surface area contributed by atoms with Gasteiger partial charge in [0.2, 0.25) is 11.8 Å². The predicted molar refractivity (Wildman–Crippen MR) is 137 cm³/mol. The molecule has 196 valence electrons. The lowest BCUT2D eigenvalue weighted by molar-refractivity contribution is -0.136. The van der Waals surface area contributed by atoms with E-state index in [1.54, 1.807) is 11.0 Å². The van der Waals surface area contributed by atoms with Crippen LogP contribution in [0.25, 0.3) is 0 Å². The van der Waals surface area contributed by atoms with Gasteiger partial charge >= 0.3 is 0 Å². The van der Waals surface area contributed by atoms with Crippen molar-refractivity contribution < 1.29 is 19.1 Å². The molecule has 8 nitrogen and oxygen atoms in total. The largest absolute Gasteiger partial charge is 0.490 e. The summed E-state index contributed by atoms with van der Waals surface area (Å²) in [6.07, 6.45) is 9.65. The molecule has 0 radical (unpaired) electrons. The van der Waals surface area contributed by atoms with Gasteiger partial charge in [0.1, 0.15) is 11.8 Å². The van der Waals surface area contributed by atoms with Gasteiger partial charge in [-0.25, -0.2) is 0 Å². The van der Waals surface area contributed by atoms with Crippen molar-refractivity contribution >= 4 is 17.7 Å². The third kappa shape index (κ3) is 5.75. The lowest BCUT2D eigenvalue weighted by Gasteiger charge is -2.39. The second-order valence-corrected chi connectivity index (χ2v) is 11.2. The van der Waals surface area contributed by atoms with Gasteiger partial charge in [0.05, 0.1) is 6.10 Å². The number of benzene rings is 1. The van der Waals surface area contributed by atoms with Crippen LogP contribution in [-0.2, 0) is 16.1 Å². The number of piperidine rings is 2. The maximum Gasteiger partial charge on any atom is 0.255 e. The molecule has 2 atom stereocenters.